The van der Waals surface area contributed by atoms with Gasteiger partial charge >= 0.3 is 6.61 Å². The molecule has 0 N–H and O–H groups in total. The van der Waals surface area contributed by atoms with Gasteiger partial charge in [-0.15, -0.1) is 0 Å². The van der Waals surface area contributed by atoms with E-state index in [4.69, 9.17) is 16.3 Å². The van der Waals surface area contributed by atoms with Gasteiger partial charge in [-0.25, -0.2) is 4.98 Å². The third kappa shape index (κ3) is 4.25. The van der Waals surface area contributed by atoms with Gasteiger partial charge in [-0.2, -0.15) is 13.9 Å². The number of fused-ring (bicyclic) bond motifs is 1. The van der Waals surface area contributed by atoms with E-state index in [1.165, 1.54) is 12.1 Å². The van der Waals surface area contributed by atoms with Crippen molar-refractivity contribution < 1.29 is 18.6 Å². The summed E-state index contributed by atoms with van der Waals surface area (Å²) in [6, 6.07) is 10.7. The van der Waals surface area contributed by atoms with Gasteiger partial charge in [0.05, 0.1) is 22.1 Å². The average Bonchev–Trinajstić information content (AvgIpc) is 3.24. The summed E-state index contributed by atoms with van der Waals surface area (Å²) in [7, 11) is 0. The van der Waals surface area contributed by atoms with E-state index in [1.54, 1.807) is 13.1 Å². The van der Waals surface area contributed by atoms with Gasteiger partial charge in [0.1, 0.15) is 0 Å². The standard InChI is InChI=1S/C24H21ClF2N3O2/c1-13(2)30-12-17(11-28-30)16-6-4-15(5-7-16)10-18-14(3)21-20(31)9-8-19(25)22(21)29-23(18)32-24(26)27/h4-9,11-13,24H,10H2,1-3H3. The smallest absolute Gasteiger partial charge is 0.388 e. The summed E-state index contributed by atoms with van der Waals surface area (Å²) in [6.45, 7) is 2.76. The largest absolute Gasteiger partial charge is 0.417 e. The monoisotopic (exact) mass is 456 g/mol. The van der Waals surface area contributed by atoms with Crippen molar-refractivity contribution in [1.82, 2.24) is 14.8 Å². The van der Waals surface area contributed by atoms with Crippen LogP contribution in [0.2, 0.25) is 5.02 Å². The van der Waals surface area contributed by atoms with Crippen molar-refractivity contribution in [3.63, 3.8) is 0 Å². The van der Waals surface area contributed by atoms with Crippen LogP contribution in [0.5, 0.6) is 11.6 Å². The van der Waals surface area contributed by atoms with Crippen LogP contribution in [0.3, 0.4) is 0 Å². The fourth-order valence-corrected chi connectivity index (χ4v) is 3.88. The lowest BCUT2D eigenvalue weighted by Crippen LogP contribution is -2.09. The quantitative estimate of drug-likeness (QED) is 0.314. The number of pyridine rings is 1. The molecule has 0 fully saturated rings. The van der Waals surface area contributed by atoms with E-state index in [-0.39, 0.29) is 34.6 Å². The highest BCUT2D eigenvalue weighted by atomic mass is 35.5. The molecule has 0 amide bonds. The van der Waals surface area contributed by atoms with Crippen LogP contribution in [0.25, 0.3) is 22.0 Å². The van der Waals surface area contributed by atoms with E-state index < -0.39 is 6.61 Å². The molecule has 0 aliphatic carbocycles. The Morgan fingerprint density at radius 1 is 1.09 bits per heavy atom. The minimum atomic E-state index is -3.05. The van der Waals surface area contributed by atoms with Crippen LogP contribution in [0.1, 0.15) is 36.6 Å². The molecule has 2 aromatic heterocycles. The molecule has 4 aromatic rings. The molecule has 1 radical (unpaired) electrons. The van der Waals surface area contributed by atoms with Crippen LogP contribution >= 0.6 is 11.6 Å². The number of aryl methyl sites for hydroxylation is 1. The summed E-state index contributed by atoms with van der Waals surface area (Å²) in [6.07, 6.45) is 4.06. The number of alkyl halides is 2. The summed E-state index contributed by atoms with van der Waals surface area (Å²) >= 11 is 6.17. The van der Waals surface area contributed by atoms with Gasteiger partial charge in [-0.3, -0.25) is 9.79 Å². The Morgan fingerprint density at radius 2 is 1.81 bits per heavy atom. The van der Waals surface area contributed by atoms with Crippen molar-refractivity contribution in [3.8, 4) is 22.8 Å². The van der Waals surface area contributed by atoms with Crippen LogP contribution in [0.15, 0.2) is 48.8 Å². The van der Waals surface area contributed by atoms with Gasteiger partial charge in [0.25, 0.3) is 0 Å². The molecule has 0 atom stereocenters. The number of halogens is 3. The summed E-state index contributed by atoms with van der Waals surface area (Å²) in [5.74, 6) is -0.489. The molecule has 0 bridgehead atoms. The molecule has 0 unspecified atom stereocenters. The first-order chi connectivity index (χ1) is 15.2. The number of ether oxygens (including phenoxy) is 1. The van der Waals surface area contributed by atoms with Crippen LogP contribution in [0.4, 0.5) is 8.78 Å². The van der Waals surface area contributed by atoms with Crippen molar-refractivity contribution in [2.24, 2.45) is 0 Å². The highest BCUT2D eigenvalue weighted by Gasteiger charge is 2.21. The molecule has 165 valence electrons. The predicted molar refractivity (Wildman–Crippen MR) is 119 cm³/mol. The fourth-order valence-electron chi connectivity index (χ4n) is 3.68. The number of rotatable bonds is 6. The fraction of sp³-hybridized carbons (Fsp3) is 0.250. The highest BCUT2D eigenvalue weighted by molar-refractivity contribution is 6.35. The van der Waals surface area contributed by atoms with Crippen molar-refractivity contribution >= 4 is 22.5 Å². The Bertz CT molecular complexity index is 1270. The van der Waals surface area contributed by atoms with Gasteiger partial charge in [0.15, 0.2) is 5.75 Å². The molecular formula is C24H21ClF2N3O2. The average molecular weight is 457 g/mol. The lowest BCUT2D eigenvalue weighted by Gasteiger charge is -2.16. The van der Waals surface area contributed by atoms with E-state index in [1.807, 2.05) is 35.1 Å². The van der Waals surface area contributed by atoms with E-state index in [0.717, 1.165) is 16.7 Å². The Morgan fingerprint density at radius 3 is 2.44 bits per heavy atom. The molecule has 2 aromatic carbocycles. The van der Waals surface area contributed by atoms with Crippen molar-refractivity contribution in [1.29, 1.82) is 0 Å². The number of hydrogen-bond donors (Lipinski definition) is 0. The molecule has 4 rings (SSSR count). The van der Waals surface area contributed by atoms with Gasteiger partial charge in [-0.05, 0) is 49.6 Å². The summed E-state index contributed by atoms with van der Waals surface area (Å²) in [5, 5.41) is 17.3. The second-order valence-electron chi connectivity index (χ2n) is 7.84. The second-order valence-corrected chi connectivity index (χ2v) is 8.25. The molecule has 2 heterocycles. The van der Waals surface area contributed by atoms with E-state index in [0.29, 0.717) is 16.5 Å². The minimum Gasteiger partial charge on any atom is -0.417 e. The SMILES string of the molecule is Cc1c(Cc2ccc(-c3cnn(C(C)C)c3)cc2)c(OC(F)F)nc2c(Cl)ccc([O])c12. The first-order valence-electron chi connectivity index (χ1n) is 10.1. The third-order valence-corrected chi connectivity index (χ3v) is 5.69. The number of hydrogen-bond acceptors (Lipinski definition) is 3. The first-order valence-corrected chi connectivity index (χ1v) is 10.5. The maximum atomic E-state index is 13.1. The topological polar surface area (TPSA) is 59.8 Å². The Kier molecular flexibility index (Phi) is 6.02. The lowest BCUT2D eigenvalue weighted by molar-refractivity contribution is -0.0532. The van der Waals surface area contributed by atoms with E-state index in [9.17, 15) is 13.9 Å². The Balaban J connectivity index is 1.72. The van der Waals surface area contributed by atoms with Gasteiger partial charge in [0.2, 0.25) is 5.88 Å². The van der Waals surface area contributed by atoms with E-state index in [2.05, 4.69) is 23.9 Å². The number of benzene rings is 2. The Labute approximate surface area is 189 Å². The maximum absolute atomic E-state index is 13.1. The zero-order valence-corrected chi connectivity index (χ0v) is 18.5. The molecule has 0 saturated carbocycles. The number of aromatic nitrogens is 3. The molecule has 0 spiro atoms. The van der Waals surface area contributed by atoms with Crippen LogP contribution < -0.4 is 4.74 Å². The normalized spacial score (nSPS) is 11.6. The van der Waals surface area contributed by atoms with Gasteiger partial charge < -0.3 is 4.74 Å². The van der Waals surface area contributed by atoms with Crippen molar-refractivity contribution in [2.75, 3.05) is 0 Å². The second kappa shape index (κ2) is 8.74. The van der Waals surface area contributed by atoms with Gasteiger partial charge in [-0.1, -0.05) is 35.9 Å². The summed E-state index contributed by atoms with van der Waals surface area (Å²) in [5.41, 5.74) is 3.96. The maximum Gasteiger partial charge on any atom is 0.388 e. The molecule has 0 aliphatic rings. The lowest BCUT2D eigenvalue weighted by atomic mass is 9.96. The first kappa shape index (κ1) is 22.0. The molecule has 0 aliphatic heterocycles. The Hall–Kier alpha value is -3.19. The van der Waals surface area contributed by atoms with Crippen molar-refractivity contribution in [2.45, 2.75) is 39.8 Å². The van der Waals surface area contributed by atoms with Crippen LogP contribution in [-0.4, -0.2) is 21.4 Å². The van der Waals surface area contributed by atoms with Crippen LogP contribution in [0, 0.1) is 6.92 Å². The molecule has 5 nitrogen and oxygen atoms in total. The van der Waals surface area contributed by atoms with Gasteiger partial charge in [0, 0.05) is 29.8 Å². The molecule has 8 heteroatoms. The third-order valence-electron chi connectivity index (χ3n) is 5.39. The highest BCUT2D eigenvalue weighted by Crippen LogP contribution is 2.38. The summed E-state index contributed by atoms with van der Waals surface area (Å²) in [4.78, 5) is 4.17. The molecular weight excluding hydrogens is 436 g/mol. The molecule has 32 heavy (non-hydrogen) atoms. The number of nitrogens with zero attached hydrogens (tertiary/aromatic N) is 3. The zero-order valence-electron chi connectivity index (χ0n) is 17.8. The predicted octanol–water partition coefficient (Wildman–Crippen LogP) is 6.98. The summed E-state index contributed by atoms with van der Waals surface area (Å²) < 4.78 is 32.8. The van der Waals surface area contributed by atoms with E-state index >= 15 is 0 Å². The minimum absolute atomic E-state index is 0.161. The van der Waals surface area contributed by atoms with Crippen LogP contribution in [-0.2, 0) is 11.5 Å². The molecule has 0 saturated heterocycles. The zero-order chi connectivity index (χ0) is 23.0. The van der Waals surface area contributed by atoms with Crippen molar-refractivity contribution in [3.05, 3.63) is 70.5 Å².